The molecule has 0 aliphatic heterocycles. The zero-order chi connectivity index (χ0) is 21.0. The second-order valence-electron chi connectivity index (χ2n) is 6.13. The average molecular weight is 416 g/mol. The third kappa shape index (κ3) is 4.76. The molecule has 0 amide bonds. The number of pyridine rings is 1. The van der Waals surface area contributed by atoms with Gasteiger partial charge in [0.2, 0.25) is 0 Å². The van der Waals surface area contributed by atoms with Crippen LogP contribution >= 0.6 is 11.8 Å². The molecule has 0 N–H and O–H groups in total. The summed E-state index contributed by atoms with van der Waals surface area (Å²) in [5, 5.41) is 5.96. The fourth-order valence-corrected chi connectivity index (χ4v) is 3.07. The maximum Gasteiger partial charge on any atom is 0.430 e. The molecular weight excluding hydrogens is 397 g/mol. The fraction of sp³-hybridized carbons (Fsp3) is 0.190. The van der Waals surface area contributed by atoms with Gasteiger partial charge in [0.05, 0.1) is 11.2 Å². The number of benzene rings is 2. The molecule has 4 nitrogen and oxygen atoms in total. The Kier molecular flexibility index (Phi) is 6.22. The highest BCUT2D eigenvalue weighted by molar-refractivity contribution is 7.98. The molecule has 0 aliphatic rings. The van der Waals surface area contributed by atoms with Gasteiger partial charge in [-0.05, 0) is 49.6 Å². The van der Waals surface area contributed by atoms with Crippen LogP contribution in [0.25, 0.3) is 10.9 Å². The van der Waals surface area contributed by atoms with E-state index < -0.39 is 11.9 Å². The molecule has 0 saturated heterocycles. The number of hydrogen-bond acceptors (Lipinski definition) is 4. The number of halogens is 3. The zero-order valence-electron chi connectivity index (χ0n) is 16.1. The summed E-state index contributed by atoms with van der Waals surface area (Å²) < 4.78 is 39.6. The number of hydrogen-bond donors (Lipinski definition) is 0. The minimum Gasteiger partial charge on any atom is -0.268 e. The molecular formula is C21H19F3N4S. The lowest BCUT2D eigenvalue weighted by molar-refractivity contribution is -0.0593. The Labute approximate surface area is 171 Å². The minimum atomic E-state index is -4.55. The van der Waals surface area contributed by atoms with Gasteiger partial charge in [0.1, 0.15) is 11.4 Å². The summed E-state index contributed by atoms with van der Waals surface area (Å²) in [5.74, 6) is 0.219. The first-order chi connectivity index (χ1) is 13.8. The van der Waals surface area contributed by atoms with E-state index in [1.165, 1.54) is 12.1 Å². The Hall–Kier alpha value is -2.87. The second kappa shape index (κ2) is 8.65. The van der Waals surface area contributed by atoms with Gasteiger partial charge in [-0.25, -0.2) is 9.99 Å². The smallest absolute Gasteiger partial charge is 0.268 e. The Morgan fingerprint density at radius 1 is 1.00 bits per heavy atom. The number of nitrogens with zero attached hydrogens (tertiary/aromatic N) is 4. The van der Waals surface area contributed by atoms with Crippen molar-refractivity contribution in [3.05, 3.63) is 66.4 Å². The monoisotopic (exact) mass is 416 g/mol. The van der Waals surface area contributed by atoms with Crippen LogP contribution in [0.2, 0.25) is 0 Å². The van der Waals surface area contributed by atoms with E-state index in [1.807, 2.05) is 48.7 Å². The van der Waals surface area contributed by atoms with Crippen molar-refractivity contribution in [1.29, 1.82) is 0 Å². The molecule has 1 heterocycles. The molecule has 29 heavy (non-hydrogen) atoms. The molecule has 0 atom stereocenters. The third-order valence-electron chi connectivity index (χ3n) is 4.22. The van der Waals surface area contributed by atoms with Crippen LogP contribution in [0.5, 0.6) is 0 Å². The lowest BCUT2D eigenvalue weighted by atomic mass is 10.2. The van der Waals surface area contributed by atoms with Gasteiger partial charge < -0.3 is 0 Å². The van der Waals surface area contributed by atoms with Crippen LogP contribution < -0.4 is 5.01 Å². The van der Waals surface area contributed by atoms with Crippen molar-refractivity contribution in [1.82, 2.24) is 4.98 Å². The molecule has 0 fully saturated rings. The number of aliphatic imine (C=N–C) groups is 1. The number of amidine groups is 1. The van der Waals surface area contributed by atoms with Crippen LogP contribution in [0.3, 0.4) is 0 Å². The number of aromatic nitrogens is 1. The van der Waals surface area contributed by atoms with Gasteiger partial charge >= 0.3 is 6.18 Å². The lowest BCUT2D eigenvalue weighted by Gasteiger charge is -2.22. The molecule has 0 aliphatic carbocycles. The van der Waals surface area contributed by atoms with Crippen LogP contribution in [0.4, 0.5) is 18.9 Å². The lowest BCUT2D eigenvalue weighted by Crippen LogP contribution is -2.32. The van der Waals surface area contributed by atoms with Crippen LogP contribution in [-0.4, -0.2) is 36.0 Å². The SMILES string of the molecule is CN=C(c1ccc2ccccc2n1)N(/N=C(\C)C(F)(F)F)c1ccc(SC)cc1. The summed E-state index contributed by atoms with van der Waals surface area (Å²) >= 11 is 1.54. The van der Waals surface area contributed by atoms with Gasteiger partial charge in [-0.3, -0.25) is 4.99 Å². The Morgan fingerprint density at radius 2 is 1.69 bits per heavy atom. The molecule has 1 aromatic heterocycles. The minimum absolute atomic E-state index is 0.219. The van der Waals surface area contributed by atoms with E-state index in [4.69, 9.17) is 0 Å². The maximum atomic E-state index is 13.2. The Balaban J connectivity index is 2.13. The van der Waals surface area contributed by atoms with Crippen LogP contribution in [-0.2, 0) is 0 Å². The maximum absolute atomic E-state index is 13.2. The number of alkyl halides is 3. The summed E-state index contributed by atoms with van der Waals surface area (Å²) in [6.45, 7) is 0.935. The highest BCUT2D eigenvalue weighted by Crippen LogP contribution is 2.25. The zero-order valence-corrected chi connectivity index (χ0v) is 16.9. The first-order valence-corrected chi connectivity index (χ1v) is 9.95. The van der Waals surface area contributed by atoms with E-state index in [0.29, 0.717) is 11.4 Å². The van der Waals surface area contributed by atoms with Crippen LogP contribution in [0, 0.1) is 0 Å². The number of fused-ring (bicyclic) bond motifs is 1. The Morgan fingerprint density at radius 3 is 2.31 bits per heavy atom. The first kappa shape index (κ1) is 20.9. The summed E-state index contributed by atoms with van der Waals surface area (Å²) in [7, 11) is 1.51. The summed E-state index contributed by atoms with van der Waals surface area (Å²) in [4.78, 5) is 9.78. The third-order valence-corrected chi connectivity index (χ3v) is 4.96. The molecule has 0 radical (unpaired) electrons. The van der Waals surface area contributed by atoms with Crippen LogP contribution in [0.15, 0.2) is 75.7 Å². The second-order valence-corrected chi connectivity index (χ2v) is 7.01. The van der Waals surface area contributed by atoms with Crippen molar-refractivity contribution in [3.8, 4) is 0 Å². The van der Waals surface area contributed by atoms with Crippen molar-refractivity contribution < 1.29 is 13.2 Å². The summed E-state index contributed by atoms with van der Waals surface area (Å²) in [6.07, 6.45) is -2.62. The number of para-hydroxylation sites is 1. The number of rotatable bonds is 4. The molecule has 3 aromatic rings. The molecule has 0 spiro atoms. The molecule has 3 rings (SSSR count). The Bertz CT molecular complexity index is 1060. The molecule has 0 unspecified atom stereocenters. The van der Waals surface area contributed by atoms with E-state index in [2.05, 4.69) is 15.1 Å². The van der Waals surface area contributed by atoms with E-state index in [1.54, 1.807) is 30.0 Å². The van der Waals surface area contributed by atoms with E-state index in [-0.39, 0.29) is 5.84 Å². The average Bonchev–Trinajstić information content (AvgIpc) is 2.72. The van der Waals surface area contributed by atoms with E-state index in [0.717, 1.165) is 22.7 Å². The van der Waals surface area contributed by atoms with Gasteiger partial charge in [-0.2, -0.15) is 18.3 Å². The summed E-state index contributed by atoms with van der Waals surface area (Å²) in [6, 6.07) is 18.2. The highest BCUT2D eigenvalue weighted by atomic mass is 32.2. The fourth-order valence-electron chi connectivity index (χ4n) is 2.67. The summed E-state index contributed by atoms with van der Waals surface area (Å²) in [5.41, 5.74) is 0.634. The van der Waals surface area contributed by atoms with E-state index >= 15 is 0 Å². The molecule has 2 aromatic carbocycles. The predicted molar refractivity (Wildman–Crippen MR) is 114 cm³/mol. The van der Waals surface area contributed by atoms with Crippen molar-refractivity contribution >= 4 is 39.9 Å². The van der Waals surface area contributed by atoms with Crippen molar-refractivity contribution in [2.75, 3.05) is 18.3 Å². The van der Waals surface area contributed by atoms with Gasteiger partial charge in [0, 0.05) is 17.3 Å². The molecule has 150 valence electrons. The standard InChI is InChI=1S/C21H19F3N4S/c1-14(21(22,23)24)27-28(16-9-11-17(29-3)12-10-16)20(25-2)19-13-8-15-6-4-5-7-18(15)26-19/h4-13H,1-3H3/b25-20?,27-14+. The van der Waals surface area contributed by atoms with Gasteiger partial charge in [-0.15, -0.1) is 11.8 Å². The van der Waals surface area contributed by atoms with Crippen molar-refractivity contribution in [2.45, 2.75) is 18.0 Å². The largest absolute Gasteiger partial charge is 0.430 e. The number of anilines is 1. The highest BCUT2D eigenvalue weighted by Gasteiger charge is 2.33. The molecule has 0 saturated carbocycles. The van der Waals surface area contributed by atoms with Gasteiger partial charge in [-0.1, -0.05) is 24.3 Å². The van der Waals surface area contributed by atoms with Crippen molar-refractivity contribution in [2.24, 2.45) is 10.1 Å². The van der Waals surface area contributed by atoms with Gasteiger partial charge in [0.15, 0.2) is 5.84 Å². The molecule has 8 heteroatoms. The van der Waals surface area contributed by atoms with Crippen LogP contribution in [0.1, 0.15) is 12.6 Å². The number of hydrazone groups is 1. The predicted octanol–water partition coefficient (Wildman–Crippen LogP) is 5.78. The number of thioether (sulfide) groups is 1. The first-order valence-electron chi connectivity index (χ1n) is 8.73. The normalized spacial score (nSPS) is 13.0. The van der Waals surface area contributed by atoms with Gasteiger partial charge in [0.25, 0.3) is 0 Å². The van der Waals surface area contributed by atoms with Crippen molar-refractivity contribution in [3.63, 3.8) is 0 Å². The molecule has 0 bridgehead atoms. The quantitative estimate of drug-likeness (QED) is 0.234. The van der Waals surface area contributed by atoms with E-state index in [9.17, 15) is 13.2 Å². The topological polar surface area (TPSA) is 40.9 Å².